The third kappa shape index (κ3) is 3.15. The average Bonchev–Trinajstić information content (AvgIpc) is 2.75. The van der Waals surface area contributed by atoms with Crippen molar-refractivity contribution in [2.75, 3.05) is 17.6 Å². The van der Waals surface area contributed by atoms with Crippen LogP contribution in [0, 0.1) is 17.0 Å². The van der Waals surface area contributed by atoms with Crippen LogP contribution in [0.25, 0.3) is 0 Å². The first-order chi connectivity index (χ1) is 9.06. The molecule has 0 radical (unpaired) electrons. The van der Waals surface area contributed by atoms with E-state index in [2.05, 4.69) is 20.4 Å². The monoisotopic (exact) mass is 264 g/mol. The van der Waals surface area contributed by atoms with E-state index in [1.54, 1.807) is 6.92 Å². The minimum atomic E-state index is -0.575. The summed E-state index contributed by atoms with van der Waals surface area (Å²) >= 11 is 0. The summed E-state index contributed by atoms with van der Waals surface area (Å²) in [4.78, 5) is 17.9. The van der Waals surface area contributed by atoms with E-state index in [1.165, 1.54) is 12.1 Å². The Morgan fingerprint density at radius 3 is 2.84 bits per heavy atom. The molecule has 2 aromatic rings. The second kappa shape index (κ2) is 5.29. The minimum Gasteiger partial charge on any atom is -0.378 e. The molecule has 0 saturated carbocycles. The van der Waals surface area contributed by atoms with Gasteiger partial charge in [0.15, 0.2) is 5.82 Å². The van der Waals surface area contributed by atoms with E-state index >= 15 is 0 Å². The highest BCUT2D eigenvalue weighted by Gasteiger charge is 2.12. The third-order valence-electron chi connectivity index (χ3n) is 2.32. The molecule has 2 aromatic heterocycles. The largest absolute Gasteiger partial charge is 0.378 e. The van der Waals surface area contributed by atoms with E-state index in [-0.39, 0.29) is 11.5 Å². The molecule has 0 unspecified atom stereocenters. The number of rotatable bonds is 5. The van der Waals surface area contributed by atoms with Crippen LogP contribution in [0.2, 0.25) is 0 Å². The van der Waals surface area contributed by atoms with Gasteiger partial charge in [-0.3, -0.25) is 10.1 Å². The summed E-state index contributed by atoms with van der Waals surface area (Å²) in [6, 6.07) is 2.80. The molecule has 0 saturated heterocycles. The van der Waals surface area contributed by atoms with Gasteiger partial charge in [-0.1, -0.05) is 5.16 Å². The Labute approximate surface area is 108 Å². The Balaban J connectivity index is 1.93. The quantitative estimate of drug-likeness (QED) is 0.601. The summed E-state index contributed by atoms with van der Waals surface area (Å²) in [7, 11) is 0. The van der Waals surface area contributed by atoms with Crippen molar-refractivity contribution in [3.05, 3.63) is 34.0 Å². The van der Waals surface area contributed by atoms with Crippen molar-refractivity contribution in [3.63, 3.8) is 0 Å². The number of aryl methyl sites for hydroxylation is 1. The predicted molar refractivity (Wildman–Crippen MR) is 66.5 cm³/mol. The number of pyridine rings is 1. The molecule has 2 rings (SSSR count). The van der Waals surface area contributed by atoms with Crippen LogP contribution in [0.3, 0.4) is 0 Å². The highest BCUT2D eigenvalue weighted by atomic mass is 16.6. The van der Waals surface area contributed by atoms with E-state index in [1.807, 2.05) is 0 Å². The molecule has 100 valence electrons. The lowest BCUT2D eigenvalue weighted by atomic mass is 10.3. The summed E-state index contributed by atoms with van der Waals surface area (Å²) in [5, 5.41) is 17.3. The molecule has 3 N–H and O–H groups in total. The number of nitrogen functional groups attached to an aromatic ring is 1. The summed E-state index contributed by atoms with van der Waals surface area (Å²) < 4.78 is 4.83. The second-order valence-corrected chi connectivity index (χ2v) is 3.76. The Morgan fingerprint density at radius 1 is 1.47 bits per heavy atom. The van der Waals surface area contributed by atoms with Crippen molar-refractivity contribution in [2.24, 2.45) is 0 Å². The fourth-order valence-corrected chi connectivity index (χ4v) is 1.47. The zero-order chi connectivity index (χ0) is 13.8. The molecule has 0 aliphatic rings. The molecule has 0 fully saturated rings. The van der Waals surface area contributed by atoms with Crippen LogP contribution < -0.4 is 11.1 Å². The average molecular weight is 264 g/mol. The Kier molecular flexibility index (Phi) is 3.55. The molecule has 0 spiro atoms. The summed E-state index contributed by atoms with van der Waals surface area (Å²) in [6.07, 6.45) is 0.552. The first-order valence-electron chi connectivity index (χ1n) is 5.50. The van der Waals surface area contributed by atoms with Crippen LogP contribution in [-0.4, -0.2) is 26.6 Å². The Bertz CT molecular complexity index is 597. The zero-order valence-electron chi connectivity index (χ0n) is 10.2. The maximum atomic E-state index is 10.6. The lowest BCUT2D eigenvalue weighted by Crippen LogP contribution is -2.08. The van der Waals surface area contributed by atoms with Crippen LogP contribution >= 0.6 is 0 Å². The molecule has 0 aliphatic heterocycles. The highest BCUT2D eigenvalue weighted by molar-refractivity contribution is 5.57. The predicted octanol–water partition coefficient (Wildman–Crippen LogP) is 0.918. The SMILES string of the molecule is Cc1nc(CCNc2ccc([N+](=O)[O-])c(N)n2)no1. The van der Waals surface area contributed by atoms with Crippen molar-refractivity contribution in [1.29, 1.82) is 0 Å². The molecule has 19 heavy (non-hydrogen) atoms. The molecule has 0 bridgehead atoms. The number of nitrogens with one attached hydrogen (secondary N) is 1. The van der Waals surface area contributed by atoms with Gasteiger partial charge >= 0.3 is 5.69 Å². The fraction of sp³-hybridized carbons (Fsp3) is 0.300. The number of nitrogens with zero attached hydrogens (tertiary/aromatic N) is 4. The van der Waals surface area contributed by atoms with Crippen molar-refractivity contribution in [3.8, 4) is 0 Å². The van der Waals surface area contributed by atoms with Gasteiger partial charge in [-0.2, -0.15) is 4.98 Å². The lowest BCUT2D eigenvalue weighted by molar-refractivity contribution is -0.384. The van der Waals surface area contributed by atoms with Crippen molar-refractivity contribution < 1.29 is 9.45 Å². The van der Waals surface area contributed by atoms with Crippen LogP contribution in [-0.2, 0) is 6.42 Å². The van der Waals surface area contributed by atoms with E-state index in [0.717, 1.165) is 0 Å². The maximum Gasteiger partial charge on any atom is 0.311 e. The summed E-state index contributed by atoms with van der Waals surface area (Å²) in [6.45, 7) is 2.23. The number of nitrogens with two attached hydrogens (primary N) is 1. The number of hydrogen-bond donors (Lipinski definition) is 2. The summed E-state index contributed by atoms with van der Waals surface area (Å²) in [5.74, 6) is 1.43. The fourth-order valence-electron chi connectivity index (χ4n) is 1.47. The van der Waals surface area contributed by atoms with Crippen LogP contribution in [0.1, 0.15) is 11.7 Å². The van der Waals surface area contributed by atoms with Crippen LogP contribution in [0.4, 0.5) is 17.3 Å². The molecule has 0 atom stereocenters. The van der Waals surface area contributed by atoms with E-state index in [9.17, 15) is 10.1 Å². The van der Waals surface area contributed by atoms with Gasteiger partial charge in [-0.25, -0.2) is 4.98 Å². The van der Waals surface area contributed by atoms with Gasteiger partial charge in [0.2, 0.25) is 11.7 Å². The highest BCUT2D eigenvalue weighted by Crippen LogP contribution is 2.20. The van der Waals surface area contributed by atoms with Gasteiger partial charge in [-0.05, 0) is 6.07 Å². The Morgan fingerprint density at radius 2 is 2.26 bits per heavy atom. The summed E-state index contributed by atoms with van der Waals surface area (Å²) in [5.41, 5.74) is 5.27. The van der Waals surface area contributed by atoms with E-state index in [0.29, 0.717) is 30.5 Å². The van der Waals surface area contributed by atoms with Crippen molar-refractivity contribution in [1.82, 2.24) is 15.1 Å². The van der Waals surface area contributed by atoms with Gasteiger partial charge < -0.3 is 15.6 Å². The van der Waals surface area contributed by atoms with Gasteiger partial charge in [0.25, 0.3) is 0 Å². The molecule has 9 heteroatoms. The molecule has 0 amide bonds. The number of nitro groups is 1. The molecule has 2 heterocycles. The van der Waals surface area contributed by atoms with Gasteiger partial charge in [0.1, 0.15) is 5.82 Å². The van der Waals surface area contributed by atoms with Crippen molar-refractivity contribution >= 4 is 17.3 Å². The molecule has 0 aromatic carbocycles. The van der Waals surface area contributed by atoms with Gasteiger partial charge in [0.05, 0.1) is 4.92 Å². The topological polar surface area (TPSA) is 133 Å². The van der Waals surface area contributed by atoms with Crippen molar-refractivity contribution in [2.45, 2.75) is 13.3 Å². The number of anilines is 2. The maximum absolute atomic E-state index is 10.6. The van der Waals surface area contributed by atoms with Gasteiger partial charge in [-0.15, -0.1) is 0 Å². The van der Waals surface area contributed by atoms with Gasteiger partial charge in [0, 0.05) is 26.0 Å². The van der Waals surface area contributed by atoms with E-state index in [4.69, 9.17) is 10.3 Å². The lowest BCUT2D eigenvalue weighted by Gasteiger charge is -2.04. The number of aromatic nitrogens is 3. The van der Waals surface area contributed by atoms with Crippen LogP contribution in [0.5, 0.6) is 0 Å². The zero-order valence-corrected chi connectivity index (χ0v) is 10.2. The molecular formula is C10H12N6O3. The Hall–Kier alpha value is -2.71. The molecule has 9 nitrogen and oxygen atoms in total. The smallest absolute Gasteiger partial charge is 0.311 e. The van der Waals surface area contributed by atoms with E-state index < -0.39 is 4.92 Å². The standard InChI is InChI=1S/C10H12N6O3/c1-6-13-9(15-19-6)4-5-12-8-3-2-7(16(17)18)10(11)14-8/h2-3H,4-5H2,1H3,(H3,11,12,14). The van der Waals surface area contributed by atoms with Crippen LogP contribution in [0.15, 0.2) is 16.7 Å². The minimum absolute atomic E-state index is 0.120. The molecule has 0 aliphatic carbocycles. The molecular weight excluding hydrogens is 252 g/mol. The third-order valence-corrected chi connectivity index (χ3v) is 2.32. The number of hydrogen-bond acceptors (Lipinski definition) is 8. The first kappa shape index (κ1) is 12.7. The first-order valence-corrected chi connectivity index (χ1v) is 5.50. The second-order valence-electron chi connectivity index (χ2n) is 3.76. The normalized spacial score (nSPS) is 10.4.